The predicted octanol–water partition coefficient (Wildman–Crippen LogP) is 2.96. The van der Waals surface area contributed by atoms with Crippen molar-refractivity contribution >= 4 is 5.91 Å². The molecule has 0 bridgehead atoms. The fraction of sp³-hybridized carbons (Fsp3) is 0.200. The topological polar surface area (TPSA) is 42.0 Å². The van der Waals surface area contributed by atoms with Crippen LogP contribution >= 0.6 is 0 Å². The molecular weight excluding hydrogens is 224 g/mol. The van der Waals surface area contributed by atoms with Gasteiger partial charge in [0.25, 0.3) is 5.91 Å². The first-order valence-electron chi connectivity index (χ1n) is 6.07. The fourth-order valence-electron chi connectivity index (χ4n) is 1.85. The fourth-order valence-corrected chi connectivity index (χ4v) is 1.85. The summed E-state index contributed by atoms with van der Waals surface area (Å²) in [5.74, 6) is -0.0619. The molecule has 0 unspecified atom stereocenters. The van der Waals surface area contributed by atoms with Crippen LogP contribution in [0, 0.1) is 0 Å². The molecule has 1 atom stereocenters. The van der Waals surface area contributed by atoms with Crippen LogP contribution in [0.25, 0.3) is 0 Å². The molecule has 1 amide bonds. The maximum atomic E-state index is 12.0. The number of hydrogen-bond donors (Lipinski definition) is 1. The van der Waals surface area contributed by atoms with Gasteiger partial charge in [0.2, 0.25) is 0 Å². The lowest BCUT2D eigenvalue weighted by Gasteiger charge is -2.17. The van der Waals surface area contributed by atoms with E-state index in [2.05, 4.69) is 17.2 Å². The second-order valence-corrected chi connectivity index (χ2v) is 4.08. The third-order valence-corrected chi connectivity index (χ3v) is 2.86. The summed E-state index contributed by atoms with van der Waals surface area (Å²) in [6.45, 7) is 2.06. The third kappa shape index (κ3) is 2.94. The molecule has 1 heterocycles. The summed E-state index contributed by atoms with van der Waals surface area (Å²) >= 11 is 0. The van der Waals surface area contributed by atoms with E-state index in [-0.39, 0.29) is 11.9 Å². The van der Waals surface area contributed by atoms with Crippen LogP contribution in [0.1, 0.15) is 35.3 Å². The summed E-state index contributed by atoms with van der Waals surface area (Å²) in [6, 6.07) is 13.5. The number of rotatable bonds is 4. The van der Waals surface area contributed by atoms with E-state index >= 15 is 0 Å². The van der Waals surface area contributed by atoms with Gasteiger partial charge in [0.15, 0.2) is 0 Å². The minimum atomic E-state index is -0.0619. The Hall–Kier alpha value is -2.16. The Morgan fingerprint density at radius 1 is 1.17 bits per heavy atom. The lowest BCUT2D eigenvalue weighted by atomic mass is 10.0. The molecule has 1 N–H and O–H groups in total. The molecule has 0 aliphatic heterocycles. The van der Waals surface area contributed by atoms with Crippen molar-refractivity contribution in [1.82, 2.24) is 10.3 Å². The van der Waals surface area contributed by atoms with Crippen LogP contribution in [-0.4, -0.2) is 10.9 Å². The van der Waals surface area contributed by atoms with Gasteiger partial charge >= 0.3 is 0 Å². The van der Waals surface area contributed by atoms with Crippen LogP contribution in [0.15, 0.2) is 54.9 Å². The molecule has 0 saturated carbocycles. The second-order valence-electron chi connectivity index (χ2n) is 4.08. The smallest absolute Gasteiger partial charge is 0.251 e. The largest absolute Gasteiger partial charge is 0.345 e. The lowest BCUT2D eigenvalue weighted by Crippen LogP contribution is -2.28. The van der Waals surface area contributed by atoms with Gasteiger partial charge in [-0.2, -0.15) is 0 Å². The Labute approximate surface area is 107 Å². The van der Waals surface area contributed by atoms with Gasteiger partial charge in [0.05, 0.1) is 6.04 Å². The first-order valence-corrected chi connectivity index (χ1v) is 6.07. The van der Waals surface area contributed by atoms with E-state index in [1.807, 2.05) is 30.3 Å². The van der Waals surface area contributed by atoms with Crippen LogP contribution in [-0.2, 0) is 0 Å². The molecule has 1 aromatic carbocycles. The van der Waals surface area contributed by atoms with Crippen LogP contribution in [0.4, 0.5) is 0 Å². The van der Waals surface area contributed by atoms with Crippen molar-refractivity contribution < 1.29 is 4.79 Å². The highest BCUT2D eigenvalue weighted by atomic mass is 16.1. The molecule has 0 saturated heterocycles. The van der Waals surface area contributed by atoms with Gasteiger partial charge in [0, 0.05) is 18.0 Å². The van der Waals surface area contributed by atoms with E-state index in [1.54, 1.807) is 24.5 Å². The second kappa shape index (κ2) is 5.96. The maximum Gasteiger partial charge on any atom is 0.251 e. The number of nitrogens with zero attached hydrogens (tertiary/aromatic N) is 1. The number of nitrogens with one attached hydrogen (secondary N) is 1. The molecular formula is C15H16N2O. The Bertz CT molecular complexity index is 496. The van der Waals surface area contributed by atoms with Gasteiger partial charge in [0.1, 0.15) is 0 Å². The molecule has 2 aromatic rings. The SMILES string of the molecule is CC[C@@H](NC(=O)c1ccncc1)c1ccccc1. The van der Waals surface area contributed by atoms with E-state index < -0.39 is 0 Å². The van der Waals surface area contributed by atoms with E-state index in [9.17, 15) is 4.79 Å². The van der Waals surface area contributed by atoms with E-state index in [0.29, 0.717) is 5.56 Å². The summed E-state index contributed by atoms with van der Waals surface area (Å²) in [5, 5.41) is 3.03. The van der Waals surface area contributed by atoms with Gasteiger partial charge < -0.3 is 5.32 Å². The van der Waals surface area contributed by atoms with Crippen LogP contribution in [0.3, 0.4) is 0 Å². The summed E-state index contributed by atoms with van der Waals surface area (Å²) in [6.07, 6.45) is 4.11. The zero-order valence-electron chi connectivity index (χ0n) is 10.3. The molecule has 2 rings (SSSR count). The van der Waals surface area contributed by atoms with Crippen molar-refractivity contribution in [2.24, 2.45) is 0 Å². The number of carbonyl (C=O) groups is 1. The maximum absolute atomic E-state index is 12.0. The Morgan fingerprint density at radius 2 is 1.83 bits per heavy atom. The monoisotopic (exact) mass is 240 g/mol. The Balaban J connectivity index is 2.10. The number of amides is 1. The number of pyridine rings is 1. The van der Waals surface area contributed by atoms with Gasteiger partial charge in [-0.25, -0.2) is 0 Å². The molecule has 0 spiro atoms. The first-order chi connectivity index (χ1) is 8.81. The molecule has 0 aliphatic rings. The quantitative estimate of drug-likeness (QED) is 0.892. The van der Waals surface area contributed by atoms with Crippen molar-refractivity contribution in [2.75, 3.05) is 0 Å². The molecule has 92 valence electrons. The van der Waals surface area contributed by atoms with Gasteiger partial charge in [-0.15, -0.1) is 0 Å². The molecule has 1 aromatic heterocycles. The molecule has 3 heteroatoms. The Morgan fingerprint density at radius 3 is 2.44 bits per heavy atom. The Kier molecular flexibility index (Phi) is 4.07. The van der Waals surface area contributed by atoms with Gasteiger partial charge in [-0.3, -0.25) is 9.78 Å². The zero-order valence-corrected chi connectivity index (χ0v) is 10.3. The van der Waals surface area contributed by atoms with Crippen molar-refractivity contribution in [2.45, 2.75) is 19.4 Å². The summed E-state index contributed by atoms with van der Waals surface area (Å²) in [5.41, 5.74) is 1.77. The molecule has 18 heavy (non-hydrogen) atoms. The molecule has 0 radical (unpaired) electrons. The van der Waals surface area contributed by atoms with Crippen LogP contribution in [0.2, 0.25) is 0 Å². The summed E-state index contributed by atoms with van der Waals surface area (Å²) in [4.78, 5) is 16.0. The zero-order chi connectivity index (χ0) is 12.8. The van der Waals surface area contributed by atoms with Crippen molar-refractivity contribution in [1.29, 1.82) is 0 Å². The van der Waals surface area contributed by atoms with E-state index in [0.717, 1.165) is 12.0 Å². The lowest BCUT2D eigenvalue weighted by molar-refractivity contribution is 0.0935. The molecule has 3 nitrogen and oxygen atoms in total. The highest BCUT2D eigenvalue weighted by Gasteiger charge is 2.13. The number of carbonyl (C=O) groups excluding carboxylic acids is 1. The average molecular weight is 240 g/mol. The number of hydrogen-bond acceptors (Lipinski definition) is 2. The third-order valence-electron chi connectivity index (χ3n) is 2.86. The molecule has 0 fully saturated rings. The minimum absolute atomic E-state index is 0.0480. The average Bonchev–Trinajstić information content (AvgIpc) is 2.46. The van der Waals surface area contributed by atoms with Crippen molar-refractivity contribution in [3.8, 4) is 0 Å². The van der Waals surface area contributed by atoms with Crippen molar-refractivity contribution in [3.05, 3.63) is 66.0 Å². The van der Waals surface area contributed by atoms with E-state index in [4.69, 9.17) is 0 Å². The van der Waals surface area contributed by atoms with Crippen LogP contribution in [0.5, 0.6) is 0 Å². The van der Waals surface area contributed by atoms with Crippen molar-refractivity contribution in [3.63, 3.8) is 0 Å². The van der Waals surface area contributed by atoms with Gasteiger partial charge in [-0.1, -0.05) is 37.3 Å². The predicted molar refractivity (Wildman–Crippen MR) is 71.2 cm³/mol. The number of benzene rings is 1. The summed E-state index contributed by atoms with van der Waals surface area (Å²) < 4.78 is 0. The van der Waals surface area contributed by atoms with Gasteiger partial charge in [-0.05, 0) is 24.1 Å². The minimum Gasteiger partial charge on any atom is -0.345 e. The highest BCUT2D eigenvalue weighted by Crippen LogP contribution is 2.16. The van der Waals surface area contributed by atoms with Crippen LogP contribution < -0.4 is 5.32 Å². The summed E-state index contributed by atoms with van der Waals surface area (Å²) in [7, 11) is 0. The molecule has 0 aliphatic carbocycles. The normalized spacial score (nSPS) is 11.8. The van der Waals surface area contributed by atoms with E-state index in [1.165, 1.54) is 0 Å². The first kappa shape index (κ1) is 12.3. The highest BCUT2D eigenvalue weighted by molar-refractivity contribution is 5.94. The number of aromatic nitrogens is 1. The standard InChI is InChI=1S/C15H16N2O/c1-2-14(12-6-4-3-5-7-12)17-15(18)13-8-10-16-11-9-13/h3-11,14H,2H2,1H3,(H,17,18)/t14-/m1/s1.